The first kappa shape index (κ1) is 25.6. The van der Waals surface area contributed by atoms with Gasteiger partial charge in [-0.15, -0.1) is 6.58 Å². The van der Waals surface area contributed by atoms with Crippen LogP contribution >= 0.6 is 27.7 Å². The Bertz CT molecular complexity index is 1420. The molecule has 1 aromatic heterocycles. The van der Waals surface area contributed by atoms with Crippen LogP contribution in [-0.4, -0.2) is 34.3 Å². The molecule has 0 bridgehead atoms. The number of thioether (sulfide) groups is 1. The number of nitrogens with one attached hydrogen (secondary N) is 1. The molecule has 4 rings (SSSR count). The molecular formula is C25H24BrN4O5S+. The Morgan fingerprint density at radius 1 is 1.31 bits per heavy atom. The lowest BCUT2D eigenvalue weighted by atomic mass is 10.0. The maximum absolute atomic E-state index is 13.4. The summed E-state index contributed by atoms with van der Waals surface area (Å²) in [4.78, 5) is 43.0. The van der Waals surface area contributed by atoms with E-state index in [1.807, 2.05) is 6.92 Å². The van der Waals surface area contributed by atoms with Gasteiger partial charge in [0.2, 0.25) is 11.1 Å². The molecule has 9 nitrogen and oxygen atoms in total. The molecule has 0 unspecified atom stereocenters. The Labute approximate surface area is 220 Å². The van der Waals surface area contributed by atoms with Crippen LogP contribution in [0.2, 0.25) is 0 Å². The number of rotatable bonds is 7. The molecule has 11 heteroatoms. The monoisotopic (exact) mass is 571 g/mol. The number of aromatic nitrogens is 3. The SMILES string of the molecule is C=CCSc1n[n+]2c(c(=O)[nH]1)-c1ccccc1N(C(C)=O)[C@@H]2c1cc(Br)cc(OCC)c1OC(C)=O. The van der Waals surface area contributed by atoms with E-state index in [-0.39, 0.29) is 22.9 Å². The highest BCUT2D eigenvalue weighted by Crippen LogP contribution is 2.44. The molecule has 1 aliphatic heterocycles. The van der Waals surface area contributed by atoms with Gasteiger partial charge in [0.05, 0.1) is 23.4 Å². The van der Waals surface area contributed by atoms with E-state index in [0.717, 1.165) is 0 Å². The quantitative estimate of drug-likeness (QED) is 0.150. The number of hydrogen-bond acceptors (Lipinski definition) is 7. The number of nitrogens with zero attached hydrogens (tertiary/aromatic N) is 3. The maximum atomic E-state index is 13.4. The van der Waals surface area contributed by atoms with Crippen LogP contribution in [0.4, 0.5) is 5.69 Å². The number of halogens is 1. The molecule has 0 aliphatic carbocycles. The number of hydrogen-bond donors (Lipinski definition) is 1. The summed E-state index contributed by atoms with van der Waals surface area (Å²) in [5, 5.41) is 5.06. The number of benzene rings is 2. The Kier molecular flexibility index (Phi) is 7.60. The average molecular weight is 572 g/mol. The molecular weight excluding hydrogens is 548 g/mol. The van der Waals surface area contributed by atoms with E-state index in [2.05, 4.69) is 27.5 Å². The van der Waals surface area contributed by atoms with Crippen molar-refractivity contribution in [2.24, 2.45) is 0 Å². The van der Waals surface area contributed by atoms with Crippen molar-refractivity contribution in [3.8, 4) is 22.8 Å². The molecule has 0 spiro atoms. The molecule has 1 aliphatic rings. The third-order valence-electron chi connectivity index (χ3n) is 5.31. The van der Waals surface area contributed by atoms with Crippen molar-refractivity contribution in [1.82, 2.24) is 10.1 Å². The fourth-order valence-electron chi connectivity index (χ4n) is 4.09. The molecule has 2 aromatic carbocycles. The van der Waals surface area contributed by atoms with Crippen LogP contribution in [0.25, 0.3) is 11.3 Å². The number of esters is 1. The summed E-state index contributed by atoms with van der Waals surface area (Å²) in [6, 6.07) is 10.5. The van der Waals surface area contributed by atoms with Gasteiger partial charge in [-0.05, 0) is 35.9 Å². The molecule has 2 heterocycles. The van der Waals surface area contributed by atoms with Gasteiger partial charge < -0.3 is 9.47 Å². The van der Waals surface area contributed by atoms with Gasteiger partial charge in [-0.3, -0.25) is 19.4 Å². The van der Waals surface area contributed by atoms with Gasteiger partial charge in [0, 0.05) is 29.2 Å². The van der Waals surface area contributed by atoms with Crippen LogP contribution in [0.1, 0.15) is 32.5 Å². The maximum Gasteiger partial charge on any atom is 0.325 e. The van der Waals surface area contributed by atoms with E-state index in [4.69, 9.17) is 14.6 Å². The lowest BCUT2D eigenvalue weighted by Crippen LogP contribution is -2.60. The van der Waals surface area contributed by atoms with E-state index in [9.17, 15) is 14.4 Å². The minimum Gasteiger partial charge on any atom is -0.490 e. The number of para-hydroxylation sites is 1. The van der Waals surface area contributed by atoms with Crippen molar-refractivity contribution in [2.45, 2.75) is 32.1 Å². The zero-order valence-corrected chi connectivity index (χ0v) is 22.3. The number of amides is 1. The molecule has 0 fully saturated rings. The number of H-pyrrole nitrogens is 1. The minimum absolute atomic E-state index is 0.143. The zero-order valence-electron chi connectivity index (χ0n) is 19.9. The molecule has 1 atom stereocenters. The Hall–Kier alpha value is -3.44. The normalized spacial score (nSPS) is 14.0. The first-order valence-electron chi connectivity index (χ1n) is 11.1. The van der Waals surface area contributed by atoms with Crippen molar-refractivity contribution in [3.05, 3.63) is 69.4 Å². The number of anilines is 1. The number of aromatic amines is 1. The fraction of sp³-hybridized carbons (Fsp3) is 0.240. The number of ether oxygens (including phenoxy) is 2. The van der Waals surface area contributed by atoms with Crippen LogP contribution in [0.5, 0.6) is 11.5 Å². The summed E-state index contributed by atoms with van der Waals surface area (Å²) >= 11 is 4.80. The van der Waals surface area contributed by atoms with E-state index in [0.29, 0.717) is 44.6 Å². The molecule has 1 amide bonds. The highest BCUT2D eigenvalue weighted by atomic mass is 79.9. The summed E-state index contributed by atoms with van der Waals surface area (Å²) < 4.78 is 13.5. The predicted octanol–water partition coefficient (Wildman–Crippen LogP) is 4.00. The molecule has 0 saturated carbocycles. The van der Waals surface area contributed by atoms with Crippen molar-refractivity contribution in [2.75, 3.05) is 17.3 Å². The second kappa shape index (κ2) is 10.7. The van der Waals surface area contributed by atoms with E-state index < -0.39 is 12.1 Å². The summed E-state index contributed by atoms with van der Waals surface area (Å²) in [5.41, 5.74) is 1.39. The van der Waals surface area contributed by atoms with Crippen LogP contribution < -0.4 is 24.6 Å². The average Bonchev–Trinajstić information content (AvgIpc) is 2.82. The lowest BCUT2D eigenvalue weighted by molar-refractivity contribution is -0.763. The summed E-state index contributed by atoms with van der Waals surface area (Å²) in [6.07, 6.45) is 0.745. The molecule has 1 N–H and O–H groups in total. The van der Waals surface area contributed by atoms with Gasteiger partial charge in [-0.2, -0.15) is 0 Å². The number of carbonyl (C=O) groups excluding carboxylic acids is 2. The van der Waals surface area contributed by atoms with Gasteiger partial charge in [0.1, 0.15) is 0 Å². The summed E-state index contributed by atoms with van der Waals surface area (Å²) in [7, 11) is 0. The van der Waals surface area contributed by atoms with E-state index in [1.165, 1.54) is 35.2 Å². The van der Waals surface area contributed by atoms with Gasteiger partial charge in [-0.25, -0.2) is 4.90 Å². The zero-order chi connectivity index (χ0) is 26.0. The van der Waals surface area contributed by atoms with Crippen LogP contribution in [0, 0.1) is 0 Å². The first-order valence-corrected chi connectivity index (χ1v) is 12.9. The summed E-state index contributed by atoms with van der Waals surface area (Å²) in [5.74, 6) is 0.122. The smallest absolute Gasteiger partial charge is 0.325 e. The summed E-state index contributed by atoms with van der Waals surface area (Å²) in [6.45, 7) is 8.57. The van der Waals surface area contributed by atoms with Gasteiger partial charge in [0.15, 0.2) is 11.5 Å². The molecule has 0 radical (unpaired) electrons. The molecule has 3 aromatic rings. The highest BCUT2D eigenvalue weighted by molar-refractivity contribution is 9.10. The standard InChI is InChI=1S/C25H23BrN4O5S/c1-5-11-36-25-27-23(33)21-17-9-7-8-10-19(17)29(14(3)31)24(30(21)28-25)18-12-16(26)13-20(34-6-2)22(18)35-15(4)32/h5,7-10,12-13,24H,1,6,11H2,2-4H3/p+1/t24-/m0/s1. The second-order valence-corrected chi connectivity index (χ2v) is 9.71. The van der Waals surface area contributed by atoms with Crippen molar-refractivity contribution in [1.29, 1.82) is 0 Å². The van der Waals surface area contributed by atoms with Crippen LogP contribution in [0.15, 0.2) is 63.5 Å². The van der Waals surface area contributed by atoms with Gasteiger partial charge in [0.25, 0.3) is 6.17 Å². The number of carbonyl (C=O) groups is 2. The molecule has 186 valence electrons. The van der Waals surface area contributed by atoms with Crippen molar-refractivity contribution >= 4 is 45.3 Å². The third-order valence-corrected chi connectivity index (χ3v) is 6.62. The lowest BCUT2D eigenvalue weighted by Gasteiger charge is -2.32. The molecule has 0 saturated heterocycles. The van der Waals surface area contributed by atoms with Crippen LogP contribution in [-0.2, 0) is 9.59 Å². The van der Waals surface area contributed by atoms with Crippen molar-refractivity contribution < 1.29 is 23.7 Å². The van der Waals surface area contributed by atoms with E-state index in [1.54, 1.807) is 42.5 Å². The number of fused-ring (bicyclic) bond motifs is 3. The largest absolute Gasteiger partial charge is 0.490 e. The predicted molar refractivity (Wildman–Crippen MR) is 139 cm³/mol. The van der Waals surface area contributed by atoms with E-state index >= 15 is 0 Å². The van der Waals surface area contributed by atoms with Gasteiger partial charge >= 0.3 is 17.2 Å². The van der Waals surface area contributed by atoms with Crippen molar-refractivity contribution in [3.63, 3.8) is 0 Å². The van der Waals surface area contributed by atoms with Crippen LogP contribution in [0.3, 0.4) is 0 Å². The topological polar surface area (TPSA) is 105 Å². The highest BCUT2D eigenvalue weighted by Gasteiger charge is 2.47. The third kappa shape index (κ3) is 4.80. The Morgan fingerprint density at radius 3 is 2.72 bits per heavy atom. The Morgan fingerprint density at radius 2 is 2.06 bits per heavy atom. The first-order chi connectivity index (χ1) is 17.3. The fourth-order valence-corrected chi connectivity index (χ4v) is 5.13. The minimum atomic E-state index is -0.955. The second-order valence-electron chi connectivity index (χ2n) is 7.78. The Balaban J connectivity index is 2.11. The molecule has 36 heavy (non-hydrogen) atoms. The van der Waals surface area contributed by atoms with Gasteiger partial charge in [-0.1, -0.05) is 45.9 Å².